The van der Waals surface area contributed by atoms with Crippen LogP contribution in [0.4, 0.5) is 0 Å². The van der Waals surface area contributed by atoms with Gasteiger partial charge in [-0.3, -0.25) is 4.79 Å². The summed E-state index contributed by atoms with van der Waals surface area (Å²) in [6, 6.07) is 0. The van der Waals surface area contributed by atoms with Crippen molar-refractivity contribution >= 4 is 5.97 Å². The molecule has 2 aliphatic rings. The van der Waals surface area contributed by atoms with E-state index in [9.17, 15) is 4.79 Å². The van der Waals surface area contributed by atoms with Crippen molar-refractivity contribution in [2.75, 3.05) is 19.8 Å². The molecule has 0 atom stereocenters. The smallest absolute Gasteiger partial charge is 0.306 e. The molecule has 0 aromatic heterocycles. The summed E-state index contributed by atoms with van der Waals surface area (Å²) in [6.45, 7) is 2.55. The molecule has 1 N–H and O–H groups in total. The molecule has 0 spiro atoms. The fraction of sp³-hybridized carbons (Fsp3) is 0.923. The van der Waals surface area contributed by atoms with Crippen LogP contribution in [0.3, 0.4) is 0 Å². The van der Waals surface area contributed by atoms with E-state index in [-0.39, 0.29) is 12.0 Å². The van der Waals surface area contributed by atoms with Gasteiger partial charge in [0.05, 0.1) is 12.0 Å². The molecule has 2 rings (SSSR count). The second-order valence-corrected chi connectivity index (χ2v) is 5.20. The number of hydrogen-bond acceptors (Lipinski definition) is 3. The first kappa shape index (κ1) is 12.8. The second kappa shape index (κ2) is 6.36. The Morgan fingerprint density at radius 3 is 2.35 bits per heavy atom. The number of rotatable bonds is 4. The first-order chi connectivity index (χ1) is 8.25. The maximum atomic E-state index is 10.8. The first-order valence-electron chi connectivity index (χ1n) is 6.68. The highest BCUT2D eigenvalue weighted by Gasteiger charge is 2.27. The van der Waals surface area contributed by atoms with E-state index in [0.29, 0.717) is 5.92 Å². The highest BCUT2D eigenvalue weighted by molar-refractivity contribution is 5.70. The van der Waals surface area contributed by atoms with Crippen molar-refractivity contribution in [3.63, 3.8) is 0 Å². The molecule has 1 aliphatic heterocycles. The molecule has 17 heavy (non-hydrogen) atoms. The van der Waals surface area contributed by atoms with E-state index in [4.69, 9.17) is 14.6 Å². The van der Waals surface area contributed by atoms with Gasteiger partial charge in [-0.1, -0.05) is 0 Å². The number of carboxylic acid groups (broad SMARTS) is 1. The number of ether oxygens (including phenoxy) is 2. The minimum atomic E-state index is -0.645. The van der Waals surface area contributed by atoms with Crippen LogP contribution in [0, 0.1) is 11.8 Å². The Hall–Kier alpha value is -0.610. The first-order valence-corrected chi connectivity index (χ1v) is 6.68. The highest BCUT2D eigenvalue weighted by atomic mass is 16.5. The van der Waals surface area contributed by atoms with E-state index >= 15 is 0 Å². The van der Waals surface area contributed by atoms with Crippen molar-refractivity contribution in [3.05, 3.63) is 0 Å². The number of carboxylic acids is 1. The van der Waals surface area contributed by atoms with Crippen molar-refractivity contribution in [3.8, 4) is 0 Å². The van der Waals surface area contributed by atoms with E-state index in [1.54, 1.807) is 0 Å². The van der Waals surface area contributed by atoms with Gasteiger partial charge >= 0.3 is 5.97 Å². The van der Waals surface area contributed by atoms with Gasteiger partial charge in [0.1, 0.15) is 0 Å². The predicted octanol–water partition coefficient (Wildman–Crippen LogP) is 2.07. The fourth-order valence-corrected chi connectivity index (χ4v) is 2.66. The quantitative estimate of drug-likeness (QED) is 0.820. The van der Waals surface area contributed by atoms with Crippen molar-refractivity contribution in [1.82, 2.24) is 0 Å². The Balaban J connectivity index is 1.62. The van der Waals surface area contributed by atoms with Gasteiger partial charge in [0, 0.05) is 19.8 Å². The summed E-state index contributed by atoms with van der Waals surface area (Å²) >= 11 is 0. The second-order valence-electron chi connectivity index (χ2n) is 5.20. The lowest BCUT2D eigenvalue weighted by Gasteiger charge is -2.29. The van der Waals surface area contributed by atoms with Gasteiger partial charge in [-0.05, 0) is 44.4 Å². The lowest BCUT2D eigenvalue weighted by Crippen LogP contribution is -2.28. The summed E-state index contributed by atoms with van der Waals surface area (Å²) in [7, 11) is 0. The SMILES string of the molecule is O=C(O)C1CCC(OCC2CCOCC2)CC1. The highest BCUT2D eigenvalue weighted by Crippen LogP contribution is 2.27. The van der Waals surface area contributed by atoms with Crippen LogP contribution in [-0.4, -0.2) is 37.0 Å². The van der Waals surface area contributed by atoms with E-state index < -0.39 is 5.97 Å². The maximum absolute atomic E-state index is 10.8. The summed E-state index contributed by atoms with van der Waals surface area (Å²) in [5.41, 5.74) is 0. The predicted molar refractivity (Wildman–Crippen MR) is 62.9 cm³/mol. The number of hydrogen-bond donors (Lipinski definition) is 1. The Bertz CT molecular complexity index is 240. The third kappa shape index (κ3) is 3.96. The monoisotopic (exact) mass is 242 g/mol. The van der Waals surface area contributed by atoms with Gasteiger partial charge in [-0.2, -0.15) is 0 Å². The standard InChI is InChI=1S/C13H22O4/c14-13(15)11-1-3-12(4-2-11)17-9-10-5-7-16-8-6-10/h10-12H,1-9H2,(H,14,15). The average molecular weight is 242 g/mol. The normalized spacial score (nSPS) is 31.3. The maximum Gasteiger partial charge on any atom is 0.306 e. The average Bonchev–Trinajstić information content (AvgIpc) is 2.38. The molecule has 1 aliphatic carbocycles. The molecule has 1 heterocycles. The van der Waals surface area contributed by atoms with Crippen molar-refractivity contribution in [2.45, 2.75) is 44.6 Å². The Labute approximate surface area is 102 Å². The molecule has 0 bridgehead atoms. The van der Waals surface area contributed by atoms with Gasteiger partial charge in [-0.25, -0.2) is 0 Å². The van der Waals surface area contributed by atoms with Crippen LogP contribution in [0.15, 0.2) is 0 Å². The minimum absolute atomic E-state index is 0.141. The van der Waals surface area contributed by atoms with Crippen LogP contribution >= 0.6 is 0 Å². The van der Waals surface area contributed by atoms with Crippen molar-refractivity contribution < 1.29 is 19.4 Å². The van der Waals surface area contributed by atoms with Crippen molar-refractivity contribution in [2.24, 2.45) is 11.8 Å². The van der Waals surface area contributed by atoms with Gasteiger partial charge in [0.2, 0.25) is 0 Å². The third-order valence-corrected chi connectivity index (χ3v) is 3.93. The van der Waals surface area contributed by atoms with Crippen molar-refractivity contribution in [1.29, 1.82) is 0 Å². The minimum Gasteiger partial charge on any atom is -0.481 e. The zero-order chi connectivity index (χ0) is 12.1. The summed E-state index contributed by atoms with van der Waals surface area (Å²) in [4.78, 5) is 10.8. The Morgan fingerprint density at radius 1 is 1.12 bits per heavy atom. The van der Waals surface area contributed by atoms with Gasteiger partial charge in [0.25, 0.3) is 0 Å². The van der Waals surface area contributed by atoms with E-state index in [0.717, 1.165) is 58.3 Å². The lowest BCUT2D eigenvalue weighted by atomic mass is 9.87. The zero-order valence-corrected chi connectivity index (χ0v) is 10.3. The van der Waals surface area contributed by atoms with Gasteiger partial charge in [-0.15, -0.1) is 0 Å². The van der Waals surface area contributed by atoms with Crippen LogP contribution in [0.2, 0.25) is 0 Å². The molecular formula is C13H22O4. The van der Waals surface area contributed by atoms with E-state index in [1.165, 1.54) is 0 Å². The Kier molecular flexibility index (Phi) is 4.80. The van der Waals surface area contributed by atoms with E-state index in [1.807, 2.05) is 0 Å². The van der Waals surface area contributed by atoms with Crippen LogP contribution in [0.1, 0.15) is 38.5 Å². The van der Waals surface area contributed by atoms with Gasteiger partial charge in [0.15, 0.2) is 0 Å². The summed E-state index contributed by atoms with van der Waals surface area (Å²) in [5.74, 6) is -0.147. The van der Waals surface area contributed by atoms with Crippen LogP contribution < -0.4 is 0 Å². The molecule has 4 heteroatoms. The molecule has 0 aromatic carbocycles. The molecular weight excluding hydrogens is 220 g/mol. The molecule has 0 unspecified atom stereocenters. The lowest BCUT2D eigenvalue weighted by molar-refractivity contribution is -0.144. The molecule has 98 valence electrons. The molecule has 4 nitrogen and oxygen atoms in total. The van der Waals surface area contributed by atoms with Crippen LogP contribution in [0.25, 0.3) is 0 Å². The molecule has 0 aromatic rings. The van der Waals surface area contributed by atoms with Crippen LogP contribution in [-0.2, 0) is 14.3 Å². The molecule has 0 amide bonds. The zero-order valence-electron chi connectivity index (χ0n) is 10.3. The molecule has 1 saturated carbocycles. The molecule has 1 saturated heterocycles. The molecule has 2 fully saturated rings. The van der Waals surface area contributed by atoms with Crippen LogP contribution in [0.5, 0.6) is 0 Å². The summed E-state index contributed by atoms with van der Waals surface area (Å²) in [6.07, 6.45) is 5.84. The third-order valence-electron chi connectivity index (χ3n) is 3.93. The topological polar surface area (TPSA) is 55.8 Å². The summed E-state index contributed by atoms with van der Waals surface area (Å²) < 4.78 is 11.2. The summed E-state index contributed by atoms with van der Waals surface area (Å²) in [5, 5.41) is 8.90. The molecule has 0 radical (unpaired) electrons. The number of carbonyl (C=O) groups is 1. The Morgan fingerprint density at radius 2 is 1.76 bits per heavy atom. The fourth-order valence-electron chi connectivity index (χ4n) is 2.66. The van der Waals surface area contributed by atoms with E-state index in [2.05, 4.69) is 0 Å². The number of aliphatic carboxylic acids is 1. The van der Waals surface area contributed by atoms with Gasteiger partial charge < -0.3 is 14.6 Å². The largest absolute Gasteiger partial charge is 0.481 e.